The molecule has 0 saturated heterocycles. The van der Waals surface area contributed by atoms with Crippen molar-refractivity contribution in [3.8, 4) is 0 Å². The number of hydrogen-bond acceptors (Lipinski definition) is 5. The molecule has 0 aromatic carbocycles. The van der Waals surface area contributed by atoms with Gasteiger partial charge < -0.3 is 20.1 Å². The summed E-state index contributed by atoms with van der Waals surface area (Å²) in [5.74, 6) is -2.61. The van der Waals surface area contributed by atoms with E-state index in [1.807, 2.05) is 0 Å². The summed E-state index contributed by atoms with van der Waals surface area (Å²) in [4.78, 5) is 20.9. The normalized spacial score (nSPS) is 11.8. The van der Waals surface area contributed by atoms with Gasteiger partial charge in [-0.1, -0.05) is 6.58 Å². The van der Waals surface area contributed by atoms with E-state index in [2.05, 4.69) is 11.3 Å². The second-order valence-electron chi connectivity index (χ2n) is 2.22. The second kappa shape index (κ2) is 5.28. The van der Waals surface area contributed by atoms with Crippen molar-refractivity contribution in [3.05, 3.63) is 12.2 Å². The Labute approximate surface area is 74.1 Å². The zero-order chi connectivity index (χ0) is 10.4. The molecule has 0 aromatic rings. The highest BCUT2D eigenvalue weighted by Crippen LogP contribution is 1.95. The van der Waals surface area contributed by atoms with E-state index < -0.39 is 36.8 Å². The number of aliphatic hydroxyl groups is 2. The van der Waals surface area contributed by atoms with Crippen molar-refractivity contribution < 1.29 is 29.6 Å². The molecule has 0 radical (unpaired) electrons. The molecule has 0 spiro atoms. The summed E-state index contributed by atoms with van der Waals surface area (Å²) in [7, 11) is 0. The lowest BCUT2D eigenvalue weighted by molar-refractivity contribution is -0.146. The van der Waals surface area contributed by atoms with Gasteiger partial charge >= 0.3 is 11.9 Å². The van der Waals surface area contributed by atoms with Crippen LogP contribution in [0.5, 0.6) is 0 Å². The van der Waals surface area contributed by atoms with Gasteiger partial charge in [-0.2, -0.15) is 0 Å². The minimum atomic E-state index is -1.48. The van der Waals surface area contributed by atoms with Crippen LogP contribution in [-0.2, 0) is 14.3 Å². The number of ether oxygens (including phenoxy) is 1. The first-order chi connectivity index (χ1) is 5.99. The van der Waals surface area contributed by atoms with Crippen molar-refractivity contribution in [2.45, 2.75) is 6.10 Å². The van der Waals surface area contributed by atoms with Crippen molar-refractivity contribution in [1.82, 2.24) is 0 Å². The molecule has 13 heavy (non-hydrogen) atoms. The topological polar surface area (TPSA) is 104 Å². The Hall–Kier alpha value is -1.40. The van der Waals surface area contributed by atoms with E-state index >= 15 is 0 Å². The molecule has 0 aliphatic carbocycles. The molecular weight excluding hydrogens is 180 g/mol. The number of carbonyl (C=O) groups is 2. The van der Waals surface area contributed by atoms with Gasteiger partial charge in [-0.15, -0.1) is 0 Å². The highest BCUT2D eigenvalue weighted by Gasteiger charge is 2.16. The van der Waals surface area contributed by atoms with Crippen LogP contribution in [0.15, 0.2) is 12.2 Å². The summed E-state index contributed by atoms with van der Waals surface area (Å²) < 4.78 is 4.29. The van der Waals surface area contributed by atoms with E-state index in [9.17, 15) is 9.59 Å². The van der Waals surface area contributed by atoms with Crippen molar-refractivity contribution in [1.29, 1.82) is 0 Å². The molecule has 0 amide bonds. The Morgan fingerprint density at radius 2 is 2.00 bits per heavy atom. The number of hydrogen-bond donors (Lipinski definition) is 3. The van der Waals surface area contributed by atoms with Gasteiger partial charge in [-0.05, 0) is 0 Å². The lowest BCUT2D eigenvalue weighted by Gasteiger charge is -2.07. The molecular formula is C7H10O6. The SMILES string of the molecule is C=C(C(=O)O)C(=O)OCC(O)CO. The predicted octanol–water partition coefficient (Wildman–Crippen LogP) is -1.48. The molecule has 0 aliphatic rings. The predicted molar refractivity (Wildman–Crippen MR) is 40.8 cm³/mol. The fourth-order valence-electron chi connectivity index (χ4n) is 0.399. The quantitative estimate of drug-likeness (QED) is 0.211. The smallest absolute Gasteiger partial charge is 0.345 e. The molecule has 0 aliphatic heterocycles. The third kappa shape index (κ3) is 4.24. The van der Waals surface area contributed by atoms with Crippen molar-refractivity contribution >= 4 is 11.9 Å². The molecule has 0 heterocycles. The fraction of sp³-hybridized carbons (Fsp3) is 0.429. The highest BCUT2D eigenvalue weighted by molar-refractivity contribution is 6.12. The molecule has 0 bridgehead atoms. The molecule has 74 valence electrons. The number of carboxylic acids is 1. The Morgan fingerprint density at radius 1 is 1.46 bits per heavy atom. The van der Waals surface area contributed by atoms with Crippen LogP contribution in [0.3, 0.4) is 0 Å². The van der Waals surface area contributed by atoms with Crippen LogP contribution in [0.1, 0.15) is 0 Å². The van der Waals surface area contributed by atoms with Crippen molar-refractivity contribution in [2.75, 3.05) is 13.2 Å². The fourth-order valence-corrected chi connectivity index (χ4v) is 0.399. The van der Waals surface area contributed by atoms with Crippen LogP contribution in [0.25, 0.3) is 0 Å². The number of carboxylic acid groups (broad SMARTS) is 1. The summed E-state index contributed by atoms with van der Waals surface area (Å²) in [5, 5.41) is 25.3. The van der Waals surface area contributed by atoms with Crippen molar-refractivity contribution in [2.24, 2.45) is 0 Å². The number of aliphatic hydroxyl groups excluding tert-OH is 2. The van der Waals surface area contributed by atoms with E-state index in [1.54, 1.807) is 0 Å². The first-order valence-electron chi connectivity index (χ1n) is 3.37. The van der Waals surface area contributed by atoms with Crippen LogP contribution >= 0.6 is 0 Å². The largest absolute Gasteiger partial charge is 0.477 e. The van der Waals surface area contributed by atoms with E-state index in [0.29, 0.717) is 0 Å². The van der Waals surface area contributed by atoms with Gasteiger partial charge in [0.05, 0.1) is 6.61 Å². The standard InChI is InChI=1S/C7H10O6/c1-4(6(10)11)7(12)13-3-5(9)2-8/h5,8-9H,1-3H2,(H,10,11). The van der Waals surface area contributed by atoms with E-state index in [4.69, 9.17) is 15.3 Å². The van der Waals surface area contributed by atoms with Gasteiger partial charge in [0.2, 0.25) is 0 Å². The van der Waals surface area contributed by atoms with Crippen LogP contribution in [0, 0.1) is 0 Å². The first-order valence-corrected chi connectivity index (χ1v) is 3.37. The Morgan fingerprint density at radius 3 is 2.38 bits per heavy atom. The zero-order valence-corrected chi connectivity index (χ0v) is 6.77. The van der Waals surface area contributed by atoms with Gasteiger partial charge in [-0.3, -0.25) is 0 Å². The maximum atomic E-state index is 10.7. The molecule has 6 nitrogen and oxygen atoms in total. The molecule has 3 N–H and O–H groups in total. The van der Waals surface area contributed by atoms with Gasteiger partial charge in [-0.25, -0.2) is 9.59 Å². The van der Waals surface area contributed by atoms with Crippen LogP contribution in [0.4, 0.5) is 0 Å². The first kappa shape index (κ1) is 11.6. The molecule has 6 heteroatoms. The van der Waals surface area contributed by atoms with E-state index in [0.717, 1.165) is 0 Å². The average molecular weight is 190 g/mol. The Balaban J connectivity index is 3.88. The maximum absolute atomic E-state index is 10.7. The number of esters is 1. The number of carbonyl (C=O) groups excluding carboxylic acids is 1. The zero-order valence-electron chi connectivity index (χ0n) is 6.77. The second-order valence-corrected chi connectivity index (χ2v) is 2.22. The summed E-state index contributed by atoms with van der Waals surface area (Å²) in [6.45, 7) is 1.92. The molecule has 0 saturated carbocycles. The summed E-state index contributed by atoms with van der Waals surface area (Å²) in [5.41, 5.74) is -0.717. The van der Waals surface area contributed by atoms with Crippen LogP contribution in [-0.4, -0.2) is 46.6 Å². The van der Waals surface area contributed by atoms with Gasteiger partial charge in [0.15, 0.2) is 0 Å². The lowest BCUT2D eigenvalue weighted by atomic mass is 10.3. The van der Waals surface area contributed by atoms with Crippen LogP contribution in [0.2, 0.25) is 0 Å². The summed E-state index contributed by atoms with van der Waals surface area (Å²) in [6, 6.07) is 0. The summed E-state index contributed by atoms with van der Waals surface area (Å²) in [6.07, 6.45) is -1.20. The monoisotopic (exact) mass is 190 g/mol. The molecule has 1 unspecified atom stereocenters. The number of aliphatic carboxylic acids is 1. The number of rotatable bonds is 5. The van der Waals surface area contributed by atoms with Gasteiger partial charge in [0.25, 0.3) is 0 Å². The summed E-state index contributed by atoms with van der Waals surface area (Å²) >= 11 is 0. The highest BCUT2D eigenvalue weighted by atomic mass is 16.5. The molecule has 0 fully saturated rings. The molecule has 0 rings (SSSR count). The lowest BCUT2D eigenvalue weighted by Crippen LogP contribution is -2.24. The Bertz CT molecular complexity index is 221. The van der Waals surface area contributed by atoms with Gasteiger partial charge in [0.1, 0.15) is 18.3 Å². The minimum Gasteiger partial charge on any atom is -0.477 e. The van der Waals surface area contributed by atoms with Crippen molar-refractivity contribution in [3.63, 3.8) is 0 Å². The third-order valence-corrected chi connectivity index (χ3v) is 1.12. The third-order valence-electron chi connectivity index (χ3n) is 1.12. The maximum Gasteiger partial charge on any atom is 0.345 e. The molecule has 0 aromatic heterocycles. The van der Waals surface area contributed by atoms with Gasteiger partial charge in [0, 0.05) is 0 Å². The Kier molecular flexibility index (Phi) is 4.71. The van der Waals surface area contributed by atoms with Crippen LogP contribution < -0.4 is 0 Å². The van der Waals surface area contributed by atoms with E-state index in [-0.39, 0.29) is 0 Å². The van der Waals surface area contributed by atoms with E-state index in [1.165, 1.54) is 0 Å². The minimum absolute atomic E-state index is 0.457. The molecule has 1 atom stereocenters. The average Bonchev–Trinajstić information content (AvgIpc) is 2.11.